The van der Waals surface area contributed by atoms with E-state index in [1.54, 1.807) is 4.90 Å². The highest BCUT2D eigenvalue weighted by Gasteiger charge is 2.20. The van der Waals surface area contributed by atoms with Crippen LogP contribution in [0.5, 0.6) is 5.75 Å². The average Bonchev–Trinajstić information content (AvgIpc) is 2.81. The maximum atomic E-state index is 11.2. The second-order valence-electron chi connectivity index (χ2n) is 4.19. The second kappa shape index (κ2) is 6.38. The van der Waals surface area contributed by atoms with Crippen LogP contribution >= 0.6 is 12.2 Å². The Kier molecular flexibility index (Phi) is 4.57. The fourth-order valence-electron chi connectivity index (χ4n) is 1.79. The van der Waals surface area contributed by atoms with Crippen molar-refractivity contribution >= 4 is 23.3 Å². The Balaban J connectivity index is 1.70. The van der Waals surface area contributed by atoms with E-state index in [0.29, 0.717) is 31.3 Å². The lowest BCUT2D eigenvalue weighted by Crippen LogP contribution is -2.26. The Morgan fingerprint density at radius 1 is 1.42 bits per heavy atom. The van der Waals surface area contributed by atoms with Gasteiger partial charge in [-0.15, -0.1) is 0 Å². The molecule has 0 saturated carbocycles. The first-order valence-electron chi connectivity index (χ1n) is 6.11. The van der Waals surface area contributed by atoms with E-state index in [9.17, 15) is 4.79 Å². The molecule has 1 aromatic rings. The molecule has 2 N–H and O–H groups in total. The molecule has 0 radical (unpaired) electrons. The van der Waals surface area contributed by atoms with Gasteiger partial charge in [-0.05, 0) is 30.7 Å². The maximum Gasteiger partial charge on any atom is 0.409 e. The quantitative estimate of drug-likeness (QED) is 0.632. The van der Waals surface area contributed by atoms with Gasteiger partial charge < -0.3 is 20.1 Å². The van der Waals surface area contributed by atoms with E-state index < -0.39 is 0 Å². The molecule has 102 valence electrons. The lowest BCUT2D eigenvalue weighted by molar-refractivity contribution is 0.156. The van der Waals surface area contributed by atoms with Gasteiger partial charge in [0.1, 0.15) is 17.3 Å². The Morgan fingerprint density at radius 3 is 2.74 bits per heavy atom. The van der Waals surface area contributed by atoms with E-state index in [0.717, 1.165) is 17.7 Å². The van der Waals surface area contributed by atoms with E-state index in [1.807, 2.05) is 24.3 Å². The van der Waals surface area contributed by atoms with Crippen molar-refractivity contribution in [3.63, 3.8) is 0 Å². The third-order valence-corrected chi connectivity index (χ3v) is 3.06. The summed E-state index contributed by atoms with van der Waals surface area (Å²) in [5, 5.41) is 0. The number of nitrogens with zero attached hydrogens (tertiary/aromatic N) is 1. The Hall–Kier alpha value is -1.82. The smallest absolute Gasteiger partial charge is 0.409 e. The summed E-state index contributed by atoms with van der Waals surface area (Å²) in [6, 6.07) is 7.32. The van der Waals surface area contributed by atoms with Crippen LogP contribution in [0.25, 0.3) is 0 Å². The lowest BCUT2D eigenvalue weighted by Gasteiger charge is -2.12. The van der Waals surface area contributed by atoms with Crippen molar-refractivity contribution in [1.82, 2.24) is 4.90 Å². The molecule has 0 atom stereocenters. The molecule has 0 bridgehead atoms. The first kappa shape index (κ1) is 13.6. The Bertz CT molecular complexity index is 461. The summed E-state index contributed by atoms with van der Waals surface area (Å²) in [4.78, 5) is 13.2. The number of hydrogen-bond acceptors (Lipinski definition) is 4. The molecule has 1 saturated heterocycles. The van der Waals surface area contributed by atoms with Crippen molar-refractivity contribution in [3.8, 4) is 5.75 Å². The number of carbonyl (C=O) groups is 1. The van der Waals surface area contributed by atoms with Crippen molar-refractivity contribution in [1.29, 1.82) is 0 Å². The van der Waals surface area contributed by atoms with Gasteiger partial charge in [0.05, 0.1) is 13.2 Å². The summed E-state index contributed by atoms with van der Waals surface area (Å²) in [6.07, 6.45) is 0.535. The number of nitrogens with two attached hydrogens (primary N) is 1. The predicted molar refractivity (Wildman–Crippen MR) is 75.4 cm³/mol. The SMILES string of the molecule is NC(=S)c1ccc(OCCCN2CCOC2=O)cc1. The molecule has 1 fully saturated rings. The first-order chi connectivity index (χ1) is 9.16. The monoisotopic (exact) mass is 280 g/mol. The number of thiocarbonyl (C=S) groups is 1. The predicted octanol–water partition coefficient (Wildman–Crippen LogP) is 1.54. The molecule has 1 aromatic carbocycles. The zero-order chi connectivity index (χ0) is 13.7. The first-order valence-corrected chi connectivity index (χ1v) is 6.52. The molecular formula is C13H16N2O3S. The fourth-order valence-corrected chi connectivity index (χ4v) is 1.93. The summed E-state index contributed by atoms with van der Waals surface area (Å²) in [6.45, 7) is 2.36. The van der Waals surface area contributed by atoms with Gasteiger partial charge in [-0.2, -0.15) is 0 Å². The minimum Gasteiger partial charge on any atom is -0.494 e. The molecule has 0 unspecified atom stereocenters. The number of ether oxygens (including phenoxy) is 2. The van der Waals surface area contributed by atoms with Gasteiger partial charge in [0.25, 0.3) is 0 Å². The van der Waals surface area contributed by atoms with Crippen LogP contribution in [-0.4, -0.2) is 42.3 Å². The van der Waals surface area contributed by atoms with Crippen molar-refractivity contribution in [2.45, 2.75) is 6.42 Å². The molecule has 0 spiro atoms. The Morgan fingerprint density at radius 2 is 2.16 bits per heavy atom. The molecule has 0 aromatic heterocycles. The lowest BCUT2D eigenvalue weighted by atomic mass is 10.2. The maximum absolute atomic E-state index is 11.2. The molecule has 5 nitrogen and oxygen atoms in total. The van der Waals surface area contributed by atoms with E-state index in [1.165, 1.54) is 0 Å². The summed E-state index contributed by atoms with van der Waals surface area (Å²) in [7, 11) is 0. The van der Waals surface area contributed by atoms with Crippen LogP contribution in [0.3, 0.4) is 0 Å². The number of carbonyl (C=O) groups excluding carboxylic acids is 1. The third-order valence-electron chi connectivity index (χ3n) is 2.82. The van der Waals surface area contributed by atoms with Crippen molar-refractivity contribution in [2.24, 2.45) is 5.73 Å². The van der Waals surface area contributed by atoms with Gasteiger partial charge in [0, 0.05) is 12.1 Å². The highest BCUT2D eigenvalue weighted by Crippen LogP contribution is 2.12. The van der Waals surface area contributed by atoms with Crippen LogP contribution in [0, 0.1) is 0 Å². The molecule has 2 rings (SSSR count). The molecule has 19 heavy (non-hydrogen) atoms. The summed E-state index contributed by atoms with van der Waals surface area (Å²) in [5.41, 5.74) is 6.33. The average molecular weight is 280 g/mol. The second-order valence-corrected chi connectivity index (χ2v) is 4.63. The third kappa shape index (κ3) is 3.82. The van der Waals surface area contributed by atoms with Gasteiger partial charge >= 0.3 is 6.09 Å². The summed E-state index contributed by atoms with van der Waals surface area (Å²) >= 11 is 4.87. The van der Waals surface area contributed by atoms with E-state index in [-0.39, 0.29) is 6.09 Å². The molecule has 0 aliphatic carbocycles. The number of rotatable bonds is 6. The molecule has 1 aliphatic rings. The molecule has 1 heterocycles. The highest BCUT2D eigenvalue weighted by molar-refractivity contribution is 7.80. The van der Waals surface area contributed by atoms with E-state index in [4.69, 9.17) is 27.4 Å². The number of benzene rings is 1. The number of cyclic esters (lactones) is 1. The molecule has 1 amide bonds. The van der Waals surface area contributed by atoms with E-state index in [2.05, 4.69) is 0 Å². The van der Waals surface area contributed by atoms with Crippen molar-refractivity contribution in [3.05, 3.63) is 29.8 Å². The van der Waals surface area contributed by atoms with Crippen LogP contribution in [0.2, 0.25) is 0 Å². The van der Waals surface area contributed by atoms with Crippen LogP contribution in [0.15, 0.2) is 24.3 Å². The largest absolute Gasteiger partial charge is 0.494 e. The zero-order valence-electron chi connectivity index (χ0n) is 10.5. The van der Waals surface area contributed by atoms with Crippen LogP contribution in [0.1, 0.15) is 12.0 Å². The van der Waals surface area contributed by atoms with Gasteiger partial charge in [0.15, 0.2) is 0 Å². The van der Waals surface area contributed by atoms with Crippen LogP contribution in [-0.2, 0) is 4.74 Å². The standard InChI is InChI=1S/C13H16N2O3S/c14-12(19)10-2-4-11(5-3-10)17-8-1-6-15-7-9-18-13(15)16/h2-5H,1,6-9H2,(H2,14,19). The van der Waals surface area contributed by atoms with Crippen molar-refractivity contribution in [2.75, 3.05) is 26.3 Å². The fraction of sp³-hybridized carbons (Fsp3) is 0.385. The van der Waals surface area contributed by atoms with Crippen molar-refractivity contribution < 1.29 is 14.3 Å². The summed E-state index contributed by atoms with van der Waals surface area (Å²) < 4.78 is 10.4. The number of hydrogen-bond donors (Lipinski definition) is 1. The normalized spacial score (nSPS) is 14.3. The molecule has 1 aliphatic heterocycles. The minimum atomic E-state index is -0.235. The minimum absolute atomic E-state index is 0.235. The van der Waals surface area contributed by atoms with Crippen LogP contribution in [0.4, 0.5) is 4.79 Å². The summed E-state index contributed by atoms with van der Waals surface area (Å²) in [5.74, 6) is 0.768. The highest BCUT2D eigenvalue weighted by atomic mass is 32.1. The van der Waals surface area contributed by atoms with Crippen LogP contribution < -0.4 is 10.5 Å². The zero-order valence-corrected chi connectivity index (χ0v) is 11.3. The molecular weight excluding hydrogens is 264 g/mol. The van der Waals surface area contributed by atoms with Gasteiger partial charge in [0.2, 0.25) is 0 Å². The Labute approximate surface area is 117 Å². The van der Waals surface area contributed by atoms with Gasteiger partial charge in [-0.25, -0.2) is 4.79 Å². The topological polar surface area (TPSA) is 64.8 Å². The van der Waals surface area contributed by atoms with Gasteiger partial charge in [-0.3, -0.25) is 0 Å². The number of amides is 1. The van der Waals surface area contributed by atoms with E-state index >= 15 is 0 Å². The molecule has 6 heteroatoms. The van der Waals surface area contributed by atoms with Gasteiger partial charge in [-0.1, -0.05) is 12.2 Å².